The first kappa shape index (κ1) is 21.3. The number of rotatable bonds is 4. The number of hydrogen-bond acceptors (Lipinski definition) is 4. The van der Waals surface area contributed by atoms with Gasteiger partial charge in [-0.15, -0.1) is 34.2 Å². The third-order valence-corrected chi connectivity index (χ3v) is 5.00. The molecule has 9 heteroatoms. The minimum atomic E-state index is -0.201. The second-order valence-corrected chi connectivity index (χ2v) is 6.72. The van der Waals surface area contributed by atoms with Crippen molar-refractivity contribution in [2.24, 2.45) is 4.99 Å². The van der Waals surface area contributed by atoms with Crippen molar-refractivity contribution in [3.63, 3.8) is 0 Å². The van der Waals surface area contributed by atoms with Gasteiger partial charge in [-0.05, 0) is 36.4 Å². The molecule has 154 valence electrons. The zero-order chi connectivity index (χ0) is 19.3. The smallest absolute Gasteiger partial charge is 0.193 e. The number of guanidine groups is 1. The number of halogens is 2. The lowest BCUT2D eigenvalue weighted by atomic mass is 10.2. The predicted octanol–water partition coefficient (Wildman–Crippen LogP) is 2.43. The maximum absolute atomic E-state index is 13.1. The Morgan fingerprint density at radius 2 is 1.83 bits per heavy atom. The highest BCUT2D eigenvalue weighted by Gasteiger charge is 2.19. The van der Waals surface area contributed by atoms with Crippen LogP contribution in [0.2, 0.25) is 0 Å². The second-order valence-electron chi connectivity index (χ2n) is 6.72. The predicted molar refractivity (Wildman–Crippen MR) is 124 cm³/mol. The molecule has 7 nitrogen and oxygen atoms in total. The van der Waals surface area contributed by atoms with Gasteiger partial charge in [0.05, 0.1) is 0 Å². The number of anilines is 1. The van der Waals surface area contributed by atoms with Crippen LogP contribution in [0.25, 0.3) is 5.65 Å². The van der Waals surface area contributed by atoms with E-state index in [2.05, 4.69) is 30.3 Å². The molecule has 1 N–H and O–H groups in total. The molecule has 1 fully saturated rings. The second kappa shape index (κ2) is 9.86. The fourth-order valence-electron chi connectivity index (χ4n) is 3.51. The molecule has 2 aromatic heterocycles. The summed E-state index contributed by atoms with van der Waals surface area (Å²) in [6.45, 7) is 4.22. The van der Waals surface area contributed by atoms with Gasteiger partial charge in [0.1, 0.15) is 11.6 Å². The standard InChI is InChI=1S/C20H24FN7.HI/c1-22-20(23-10-9-19-25-24-18-4-2-3-11-28(18)19)27-14-12-26(13-15-27)17-7-5-16(21)6-8-17;/h2-8,11H,9-10,12-15H2,1H3,(H,22,23);1H. The highest BCUT2D eigenvalue weighted by Crippen LogP contribution is 2.17. The van der Waals surface area contributed by atoms with Gasteiger partial charge in [0, 0.05) is 58.1 Å². The van der Waals surface area contributed by atoms with Gasteiger partial charge in [-0.3, -0.25) is 9.39 Å². The number of fused-ring (bicyclic) bond motifs is 1. The number of nitrogens with one attached hydrogen (secondary N) is 1. The average Bonchev–Trinajstić information content (AvgIpc) is 3.15. The van der Waals surface area contributed by atoms with Crippen LogP contribution >= 0.6 is 24.0 Å². The molecule has 0 spiro atoms. The van der Waals surface area contributed by atoms with Crippen LogP contribution in [0.15, 0.2) is 53.7 Å². The van der Waals surface area contributed by atoms with Crippen molar-refractivity contribution >= 4 is 41.3 Å². The molecule has 0 bridgehead atoms. The monoisotopic (exact) mass is 509 g/mol. The lowest BCUT2D eigenvalue weighted by Crippen LogP contribution is -2.52. The van der Waals surface area contributed by atoms with Crippen LogP contribution in [-0.2, 0) is 6.42 Å². The molecule has 1 saturated heterocycles. The van der Waals surface area contributed by atoms with Gasteiger partial charge in [-0.25, -0.2) is 4.39 Å². The highest BCUT2D eigenvalue weighted by atomic mass is 127. The summed E-state index contributed by atoms with van der Waals surface area (Å²) in [6, 6.07) is 12.6. The van der Waals surface area contributed by atoms with E-state index in [0.717, 1.165) is 62.3 Å². The Labute approximate surface area is 186 Å². The van der Waals surface area contributed by atoms with Crippen molar-refractivity contribution in [2.45, 2.75) is 6.42 Å². The Kier molecular flexibility index (Phi) is 7.24. The summed E-state index contributed by atoms with van der Waals surface area (Å²) < 4.78 is 15.1. The molecule has 1 aliphatic heterocycles. The minimum absolute atomic E-state index is 0. The first-order valence-electron chi connectivity index (χ1n) is 9.49. The van der Waals surface area contributed by atoms with E-state index in [1.165, 1.54) is 12.1 Å². The van der Waals surface area contributed by atoms with Gasteiger partial charge in [0.2, 0.25) is 0 Å². The molecule has 3 aromatic rings. The van der Waals surface area contributed by atoms with E-state index in [0.29, 0.717) is 0 Å². The van der Waals surface area contributed by atoms with E-state index in [9.17, 15) is 4.39 Å². The first-order chi connectivity index (χ1) is 13.7. The van der Waals surface area contributed by atoms with Crippen LogP contribution in [0.5, 0.6) is 0 Å². The zero-order valence-corrected chi connectivity index (χ0v) is 18.7. The van der Waals surface area contributed by atoms with Crippen LogP contribution in [0, 0.1) is 5.82 Å². The lowest BCUT2D eigenvalue weighted by molar-refractivity contribution is 0.373. The molecule has 1 aliphatic rings. The topological polar surface area (TPSA) is 61.1 Å². The average molecular weight is 509 g/mol. The van der Waals surface area contributed by atoms with Crippen LogP contribution in [0.1, 0.15) is 5.82 Å². The van der Waals surface area contributed by atoms with E-state index >= 15 is 0 Å². The zero-order valence-electron chi connectivity index (χ0n) is 16.3. The number of pyridine rings is 1. The van der Waals surface area contributed by atoms with Crippen molar-refractivity contribution in [3.05, 3.63) is 60.3 Å². The van der Waals surface area contributed by atoms with Crippen LogP contribution in [0.3, 0.4) is 0 Å². The molecule has 0 radical (unpaired) electrons. The summed E-state index contributed by atoms with van der Waals surface area (Å²) in [5, 5.41) is 11.9. The number of benzene rings is 1. The lowest BCUT2D eigenvalue weighted by Gasteiger charge is -2.37. The van der Waals surface area contributed by atoms with Crippen molar-refractivity contribution in [3.8, 4) is 0 Å². The summed E-state index contributed by atoms with van der Waals surface area (Å²) >= 11 is 0. The highest BCUT2D eigenvalue weighted by molar-refractivity contribution is 14.0. The molecule has 4 rings (SSSR count). The molecule has 29 heavy (non-hydrogen) atoms. The summed E-state index contributed by atoms with van der Waals surface area (Å²) in [5.74, 6) is 1.62. The Bertz CT molecular complexity index is 949. The number of piperazine rings is 1. The molecule has 1 aromatic carbocycles. The van der Waals surface area contributed by atoms with Gasteiger partial charge >= 0.3 is 0 Å². The summed E-state index contributed by atoms with van der Waals surface area (Å²) in [6.07, 6.45) is 2.74. The normalized spacial score (nSPS) is 14.8. The Morgan fingerprint density at radius 1 is 1.07 bits per heavy atom. The van der Waals surface area contributed by atoms with Crippen LogP contribution < -0.4 is 10.2 Å². The maximum atomic E-state index is 13.1. The number of hydrogen-bond donors (Lipinski definition) is 1. The minimum Gasteiger partial charge on any atom is -0.368 e. The molecule has 3 heterocycles. The molecule has 0 aliphatic carbocycles. The Morgan fingerprint density at radius 3 is 2.55 bits per heavy atom. The van der Waals surface area contributed by atoms with E-state index in [-0.39, 0.29) is 29.8 Å². The Hall–Kier alpha value is -2.43. The molecule has 0 amide bonds. The maximum Gasteiger partial charge on any atom is 0.193 e. The largest absolute Gasteiger partial charge is 0.368 e. The van der Waals surface area contributed by atoms with Gasteiger partial charge in [0.15, 0.2) is 11.6 Å². The molecule has 0 unspecified atom stereocenters. The van der Waals surface area contributed by atoms with Crippen molar-refractivity contribution in [2.75, 3.05) is 44.7 Å². The summed E-state index contributed by atoms with van der Waals surface area (Å²) in [4.78, 5) is 8.94. The van der Waals surface area contributed by atoms with Gasteiger partial charge in [-0.2, -0.15) is 0 Å². The molecular weight excluding hydrogens is 484 g/mol. The van der Waals surface area contributed by atoms with E-state index < -0.39 is 0 Å². The number of aliphatic imine (C=N–C) groups is 1. The number of nitrogens with zero attached hydrogens (tertiary/aromatic N) is 6. The third-order valence-electron chi connectivity index (χ3n) is 5.00. The quantitative estimate of drug-likeness (QED) is 0.333. The van der Waals surface area contributed by atoms with Crippen LogP contribution in [-0.4, -0.2) is 65.2 Å². The fraction of sp³-hybridized carbons (Fsp3) is 0.350. The van der Waals surface area contributed by atoms with E-state index in [4.69, 9.17) is 0 Å². The van der Waals surface area contributed by atoms with Gasteiger partial charge < -0.3 is 15.1 Å². The number of aromatic nitrogens is 3. The molecule has 0 saturated carbocycles. The first-order valence-corrected chi connectivity index (χ1v) is 9.49. The third kappa shape index (κ3) is 4.95. The van der Waals surface area contributed by atoms with E-state index in [1.807, 2.05) is 40.9 Å². The van der Waals surface area contributed by atoms with E-state index in [1.54, 1.807) is 7.05 Å². The SMILES string of the molecule is CN=C(NCCc1nnc2ccccn12)N1CCN(c2ccc(F)cc2)CC1.I. The van der Waals surface area contributed by atoms with Crippen molar-refractivity contribution in [1.29, 1.82) is 0 Å². The molecular formula is C20H25FIN7. The van der Waals surface area contributed by atoms with Crippen molar-refractivity contribution < 1.29 is 4.39 Å². The van der Waals surface area contributed by atoms with Gasteiger partial charge in [-0.1, -0.05) is 6.07 Å². The summed E-state index contributed by atoms with van der Waals surface area (Å²) in [5.41, 5.74) is 1.92. The summed E-state index contributed by atoms with van der Waals surface area (Å²) in [7, 11) is 1.81. The van der Waals surface area contributed by atoms with Gasteiger partial charge in [0.25, 0.3) is 0 Å². The van der Waals surface area contributed by atoms with Crippen molar-refractivity contribution in [1.82, 2.24) is 24.8 Å². The molecule has 0 atom stereocenters. The fourth-order valence-corrected chi connectivity index (χ4v) is 3.51. The Balaban J connectivity index is 0.00000240. The van der Waals surface area contributed by atoms with Crippen LogP contribution in [0.4, 0.5) is 10.1 Å².